The summed E-state index contributed by atoms with van der Waals surface area (Å²) in [5.41, 5.74) is 1.96. The van der Waals surface area contributed by atoms with E-state index < -0.39 is 27.2 Å². The van der Waals surface area contributed by atoms with Gasteiger partial charge in [0.25, 0.3) is 0 Å². The summed E-state index contributed by atoms with van der Waals surface area (Å²) in [4.78, 5) is 12.5. The van der Waals surface area contributed by atoms with Gasteiger partial charge in [-0.25, -0.2) is 4.79 Å². The summed E-state index contributed by atoms with van der Waals surface area (Å²) in [6.45, 7) is 0. The van der Waals surface area contributed by atoms with Gasteiger partial charge in [-0.15, -0.1) is 0 Å². The summed E-state index contributed by atoms with van der Waals surface area (Å²) < 4.78 is 23.6. The van der Waals surface area contributed by atoms with Crippen LogP contribution in [-0.4, -0.2) is 20.2 Å². The van der Waals surface area contributed by atoms with Crippen molar-refractivity contribution in [3.8, 4) is 16.9 Å². The molecule has 0 saturated carbocycles. The number of benzene rings is 4. The topological polar surface area (TPSA) is 52.6 Å². The molecule has 0 aliphatic rings. The standard InChI is InChI=1S/C23H17IO4/c1-27-19-12-11-14-7-3-5-9-16(14)20(19)21-17-10-6-4-8-15(17)13-18(22(21)24-26)23(25)28-2/h3-13H,1-2H3. The number of fused-ring (bicyclic) bond motifs is 2. The molecular formula is C23H17IO4. The highest BCUT2D eigenvalue weighted by Gasteiger charge is 2.23. The van der Waals surface area contributed by atoms with E-state index in [1.54, 1.807) is 13.2 Å². The van der Waals surface area contributed by atoms with Crippen molar-refractivity contribution in [3.05, 3.63) is 75.9 Å². The maximum absolute atomic E-state index is 12.5. The third kappa shape index (κ3) is 2.96. The highest BCUT2D eigenvalue weighted by Crippen LogP contribution is 2.44. The number of rotatable bonds is 4. The highest BCUT2D eigenvalue weighted by atomic mass is 127. The van der Waals surface area contributed by atoms with Crippen molar-refractivity contribution in [2.45, 2.75) is 0 Å². The Labute approximate surface area is 172 Å². The minimum absolute atomic E-state index is 0.342. The van der Waals surface area contributed by atoms with Crippen molar-refractivity contribution in [1.82, 2.24) is 0 Å². The molecule has 140 valence electrons. The Bertz CT molecular complexity index is 1230. The molecule has 0 radical (unpaired) electrons. The second-order valence-corrected chi connectivity index (χ2v) is 7.79. The average molecular weight is 484 g/mol. The lowest BCUT2D eigenvalue weighted by Gasteiger charge is -2.18. The molecule has 4 aromatic rings. The smallest absolute Gasteiger partial charge is 0.339 e. The molecule has 0 heterocycles. The minimum atomic E-state index is -1.66. The van der Waals surface area contributed by atoms with E-state index in [0.717, 1.165) is 32.7 Å². The molecular weight excluding hydrogens is 467 g/mol. The second kappa shape index (κ2) is 7.67. The fourth-order valence-electron chi connectivity index (χ4n) is 3.58. The van der Waals surface area contributed by atoms with Gasteiger partial charge in [0.15, 0.2) is 21.2 Å². The van der Waals surface area contributed by atoms with Crippen molar-refractivity contribution in [1.29, 1.82) is 0 Å². The quantitative estimate of drug-likeness (QED) is 0.266. The lowest BCUT2D eigenvalue weighted by atomic mass is 9.91. The lowest BCUT2D eigenvalue weighted by Crippen LogP contribution is -2.06. The second-order valence-electron chi connectivity index (χ2n) is 6.27. The largest absolute Gasteiger partial charge is 0.496 e. The Hall–Kier alpha value is -2.80. The molecule has 0 aliphatic carbocycles. The predicted molar refractivity (Wildman–Crippen MR) is 118 cm³/mol. The van der Waals surface area contributed by atoms with Gasteiger partial charge in [0.05, 0.1) is 23.4 Å². The van der Waals surface area contributed by atoms with Crippen molar-refractivity contribution in [2.24, 2.45) is 0 Å². The molecule has 0 spiro atoms. The summed E-state index contributed by atoms with van der Waals surface area (Å²) in [7, 11) is 2.95. The maximum Gasteiger partial charge on any atom is 0.339 e. The Morgan fingerprint density at radius 1 is 0.821 bits per heavy atom. The molecule has 4 rings (SSSR count). The number of carbonyl (C=O) groups is 1. The van der Waals surface area contributed by atoms with Gasteiger partial charge in [0, 0.05) is 11.1 Å². The number of methoxy groups -OCH3 is 2. The van der Waals surface area contributed by atoms with Gasteiger partial charge in [-0.1, -0.05) is 54.6 Å². The van der Waals surface area contributed by atoms with Gasteiger partial charge < -0.3 is 9.47 Å². The number of ether oxygens (including phenoxy) is 2. The summed E-state index contributed by atoms with van der Waals surface area (Å²) in [5, 5.41) is 3.83. The number of esters is 1. The number of carbonyl (C=O) groups excluding carboxylic acids is 1. The first-order valence-corrected chi connectivity index (χ1v) is 10.6. The van der Waals surface area contributed by atoms with Crippen LogP contribution in [0.5, 0.6) is 5.75 Å². The van der Waals surface area contributed by atoms with Gasteiger partial charge >= 0.3 is 5.97 Å². The van der Waals surface area contributed by atoms with E-state index in [9.17, 15) is 7.86 Å². The Morgan fingerprint density at radius 3 is 2.11 bits per heavy atom. The fraction of sp³-hybridized carbons (Fsp3) is 0.0870. The van der Waals surface area contributed by atoms with Crippen molar-refractivity contribution in [3.63, 3.8) is 0 Å². The van der Waals surface area contributed by atoms with Crippen LogP contribution >= 0.6 is 21.2 Å². The zero-order chi connectivity index (χ0) is 19.7. The van der Waals surface area contributed by atoms with Crippen LogP contribution in [0, 0.1) is 3.57 Å². The molecule has 0 amide bonds. The van der Waals surface area contributed by atoms with E-state index in [2.05, 4.69) is 0 Å². The maximum atomic E-state index is 12.5. The first-order chi connectivity index (χ1) is 13.7. The molecule has 0 bridgehead atoms. The third-order valence-electron chi connectivity index (χ3n) is 4.83. The molecule has 0 N–H and O–H groups in total. The van der Waals surface area contributed by atoms with Crippen LogP contribution in [0.2, 0.25) is 0 Å². The van der Waals surface area contributed by atoms with E-state index >= 15 is 0 Å². The summed E-state index contributed by atoms with van der Waals surface area (Å²) in [6, 6.07) is 21.4. The Balaban J connectivity index is 2.25. The van der Waals surface area contributed by atoms with Crippen LogP contribution < -0.4 is 4.74 Å². The van der Waals surface area contributed by atoms with Gasteiger partial charge in [0.1, 0.15) is 5.75 Å². The Morgan fingerprint density at radius 2 is 1.46 bits per heavy atom. The zero-order valence-electron chi connectivity index (χ0n) is 15.4. The molecule has 28 heavy (non-hydrogen) atoms. The number of hydrogen-bond acceptors (Lipinski definition) is 4. The minimum Gasteiger partial charge on any atom is -0.496 e. The van der Waals surface area contributed by atoms with E-state index in [1.165, 1.54) is 7.11 Å². The van der Waals surface area contributed by atoms with Crippen LogP contribution in [0.4, 0.5) is 0 Å². The predicted octanol–water partition coefficient (Wildman–Crippen LogP) is 5.94. The van der Waals surface area contributed by atoms with E-state index in [4.69, 9.17) is 9.47 Å². The average Bonchev–Trinajstić information content (AvgIpc) is 2.76. The van der Waals surface area contributed by atoms with Crippen LogP contribution in [0.25, 0.3) is 32.7 Å². The van der Waals surface area contributed by atoms with E-state index in [0.29, 0.717) is 14.9 Å². The van der Waals surface area contributed by atoms with Crippen LogP contribution in [-0.2, 0) is 7.81 Å². The molecule has 4 aromatic carbocycles. The first kappa shape index (κ1) is 18.6. The van der Waals surface area contributed by atoms with E-state index in [1.807, 2.05) is 60.7 Å². The molecule has 0 unspecified atom stereocenters. The number of hydrogen-bond donors (Lipinski definition) is 0. The van der Waals surface area contributed by atoms with Gasteiger partial charge in [-0.2, -0.15) is 0 Å². The molecule has 0 aromatic heterocycles. The fourth-order valence-corrected chi connectivity index (χ4v) is 4.98. The van der Waals surface area contributed by atoms with Gasteiger partial charge in [-0.05, 0) is 33.7 Å². The molecule has 0 saturated heterocycles. The van der Waals surface area contributed by atoms with Crippen molar-refractivity contribution in [2.75, 3.05) is 14.2 Å². The lowest BCUT2D eigenvalue weighted by molar-refractivity contribution is 0.0599. The van der Waals surface area contributed by atoms with Crippen molar-refractivity contribution < 1.29 is 17.3 Å². The third-order valence-corrected chi connectivity index (χ3v) is 6.39. The molecule has 0 atom stereocenters. The molecule has 4 nitrogen and oxygen atoms in total. The normalized spacial score (nSPS) is 10.9. The molecule has 0 fully saturated rings. The van der Waals surface area contributed by atoms with Crippen molar-refractivity contribution >= 4 is 48.7 Å². The SMILES string of the molecule is COC(=O)c1cc2ccccc2c(-c2c(OC)ccc3ccccc23)c1I=O. The molecule has 5 heteroatoms. The van der Waals surface area contributed by atoms with Crippen LogP contribution in [0.15, 0.2) is 66.7 Å². The van der Waals surface area contributed by atoms with Gasteiger partial charge in [0.2, 0.25) is 0 Å². The molecule has 0 aliphatic heterocycles. The summed E-state index contributed by atoms with van der Waals surface area (Å²) in [6.07, 6.45) is 0. The van der Waals surface area contributed by atoms with Crippen LogP contribution in [0.3, 0.4) is 0 Å². The Kier molecular flexibility index (Phi) is 5.09. The van der Waals surface area contributed by atoms with E-state index in [-0.39, 0.29) is 0 Å². The highest BCUT2D eigenvalue weighted by molar-refractivity contribution is 14.1. The zero-order valence-corrected chi connectivity index (χ0v) is 17.5. The summed E-state index contributed by atoms with van der Waals surface area (Å²) >= 11 is -1.66. The first-order valence-electron chi connectivity index (χ1n) is 8.66. The number of halogens is 1. The van der Waals surface area contributed by atoms with Gasteiger partial charge in [-0.3, -0.25) is 3.07 Å². The summed E-state index contributed by atoms with van der Waals surface area (Å²) in [5.74, 6) is 0.182. The van der Waals surface area contributed by atoms with Crippen LogP contribution in [0.1, 0.15) is 10.4 Å². The monoisotopic (exact) mass is 484 g/mol.